The van der Waals surface area contributed by atoms with Crippen molar-refractivity contribution >= 4 is 51.7 Å². The Morgan fingerprint density at radius 3 is 2.64 bits per heavy atom. The maximum Gasteiger partial charge on any atom is 0.412 e. The average Bonchev–Trinajstić information content (AvgIpc) is 3.42. The summed E-state index contributed by atoms with van der Waals surface area (Å²) in [7, 11) is 1.33. The first-order valence-corrected chi connectivity index (χ1v) is 12.4. The number of amides is 1. The topological polar surface area (TPSA) is 91.7 Å². The third kappa shape index (κ3) is 5.98. The molecule has 0 aliphatic rings. The Morgan fingerprint density at radius 1 is 1.14 bits per heavy atom. The summed E-state index contributed by atoms with van der Waals surface area (Å²) in [5.41, 5.74) is 2.36. The predicted octanol–water partition coefficient (Wildman–Crippen LogP) is 6.50. The molecule has 4 rings (SSSR count). The lowest BCUT2D eigenvalue weighted by Gasteiger charge is -2.19. The van der Waals surface area contributed by atoms with Crippen molar-refractivity contribution in [3.05, 3.63) is 70.3 Å². The summed E-state index contributed by atoms with van der Waals surface area (Å²) in [6.45, 7) is 5.73. The Bertz CT molecular complexity index is 1410. The van der Waals surface area contributed by atoms with Gasteiger partial charge in [-0.25, -0.2) is 14.6 Å². The van der Waals surface area contributed by atoms with Gasteiger partial charge in [0.2, 0.25) is 0 Å². The number of aromatic nitrogens is 2. The van der Waals surface area contributed by atoms with Crippen LogP contribution in [-0.2, 0) is 15.9 Å². The first-order valence-electron chi connectivity index (χ1n) is 11.2. The molecule has 36 heavy (non-hydrogen) atoms. The second-order valence-electron chi connectivity index (χ2n) is 8.90. The van der Waals surface area contributed by atoms with E-state index in [0.29, 0.717) is 39.4 Å². The van der Waals surface area contributed by atoms with Gasteiger partial charge in [-0.1, -0.05) is 29.8 Å². The molecular weight excluding hydrogens is 502 g/mol. The van der Waals surface area contributed by atoms with Crippen molar-refractivity contribution in [2.75, 3.05) is 19.0 Å². The van der Waals surface area contributed by atoms with E-state index in [0.717, 1.165) is 16.6 Å². The number of hydrogen-bond acceptors (Lipinski definition) is 7. The first kappa shape index (κ1) is 25.5. The van der Waals surface area contributed by atoms with E-state index in [4.69, 9.17) is 25.8 Å². The Labute approximate surface area is 217 Å². The molecule has 0 fully saturated rings. The zero-order valence-corrected chi connectivity index (χ0v) is 21.9. The van der Waals surface area contributed by atoms with Crippen LogP contribution >= 0.6 is 22.9 Å². The highest BCUT2D eigenvalue weighted by molar-refractivity contribution is 7.16. The molecule has 8 nitrogen and oxygen atoms in total. The van der Waals surface area contributed by atoms with Crippen LogP contribution in [0.2, 0.25) is 5.02 Å². The van der Waals surface area contributed by atoms with E-state index >= 15 is 0 Å². The lowest BCUT2D eigenvalue weighted by molar-refractivity contribution is 0.0599. The zero-order valence-electron chi connectivity index (χ0n) is 20.3. The Kier molecular flexibility index (Phi) is 7.51. The summed E-state index contributed by atoms with van der Waals surface area (Å²) < 4.78 is 18.1. The smallest absolute Gasteiger partial charge is 0.412 e. The van der Waals surface area contributed by atoms with E-state index in [9.17, 15) is 9.59 Å². The molecule has 10 heteroatoms. The van der Waals surface area contributed by atoms with Crippen molar-refractivity contribution in [1.29, 1.82) is 0 Å². The molecule has 2 aromatic heterocycles. The van der Waals surface area contributed by atoms with Gasteiger partial charge >= 0.3 is 12.1 Å². The number of benzene rings is 2. The van der Waals surface area contributed by atoms with E-state index in [1.165, 1.54) is 18.4 Å². The van der Waals surface area contributed by atoms with Crippen molar-refractivity contribution in [2.45, 2.75) is 32.8 Å². The van der Waals surface area contributed by atoms with Gasteiger partial charge in [0, 0.05) is 23.2 Å². The summed E-state index contributed by atoms with van der Waals surface area (Å²) in [6, 6.07) is 14.7. The van der Waals surface area contributed by atoms with E-state index in [1.807, 2.05) is 28.8 Å². The van der Waals surface area contributed by atoms with Gasteiger partial charge in [0.15, 0.2) is 4.88 Å². The average molecular weight is 528 g/mol. The number of ether oxygens (including phenoxy) is 3. The fraction of sp³-hybridized carbons (Fsp3) is 0.269. The maximum absolute atomic E-state index is 12.5. The molecule has 2 heterocycles. The summed E-state index contributed by atoms with van der Waals surface area (Å²) >= 11 is 7.47. The van der Waals surface area contributed by atoms with Gasteiger partial charge in [0.25, 0.3) is 0 Å². The first-order chi connectivity index (χ1) is 17.1. The monoisotopic (exact) mass is 527 g/mol. The van der Waals surface area contributed by atoms with Crippen molar-refractivity contribution in [2.24, 2.45) is 0 Å². The number of anilines is 1. The maximum atomic E-state index is 12.5. The molecular formula is C26H26ClN3O5S. The highest BCUT2D eigenvalue weighted by atomic mass is 35.5. The minimum Gasteiger partial charge on any atom is -0.491 e. The standard InChI is InChI=1S/C26H26ClN3O5S/c1-26(2,3)35-25(32)29-17-9-10-19-20(13-17)30(15-28-19)22-14-21(23(36-22)24(31)33-4)34-12-11-16-7-5-6-8-18(16)27/h5-10,13-15H,11-12H2,1-4H3,(H,29,32). The highest BCUT2D eigenvalue weighted by Gasteiger charge is 2.21. The summed E-state index contributed by atoms with van der Waals surface area (Å²) in [5.74, 6) is -0.0746. The molecule has 0 spiro atoms. The summed E-state index contributed by atoms with van der Waals surface area (Å²) in [4.78, 5) is 29.5. The van der Waals surface area contributed by atoms with E-state index < -0.39 is 17.7 Å². The molecule has 0 radical (unpaired) electrons. The van der Waals surface area contributed by atoms with Crippen molar-refractivity contribution in [1.82, 2.24) is 9.55 Å². The molecule has 0 unspecified atom stereocenters. The van der Waals surface area contributed by atoms with E-state index in [2.05, 4.69) is 10.3 Å². The molecule has 2 aromatic carbocycles. The number of halogens is 1. The number of esters is 1. The van der Waals surface area contributed by atoms with Gasteiger partial charge in [0.1, 0.15) is 22.7 Å². The number of methoxy groups -OCH3 is 1. The molecule has 0 atom stereocenters. The van der Waals surface area contributed by atoms with Crippen LogP contribution < -0.4 is 10.1 Å². The minimum absolute atomic E-state index is 0.332. The number of nitrogens with zero attached hydrogens (tertiary/aromatic N) is 2. The number of carbonyl (C=O) groups is 2. The Balaban J connectivity index is 1.59. The van der Waals surface area contributed by atoms with Gasteiger partial charge in [-0.15, -0.1) is 11.3 Å². The normalized spacial score (nSPS) is 11.4. The van der Waals surface area contributed by atoms with Gasteiger partial charge in [-0.3, -0.25) is 9.88 Å². The molecule has 1 amide bonds. The van der Waals surface area contributed by atoms with Gasteiger partial charge in [0.05, 0.1) is 24.8 Å². The largest absolute Gasteiger partial charge is 0.491 e. The third-order valence-corrected chi connectivity index (χ3v) is 6.54. The van der Waals surface area contributed by atoms with Crippen molar-refractivity contribution < 1.29 is 23.8 Å². The quantitative estimate of drug-likeness (QED) is 0.276. The van der Waals surface area contributed by atoms with Crippen LogP contribution in [0.15, 0.2) is 54.9 Å². The fourth-order valence-electron chi connectivity index (χ4n) is 3.48. The Hall–Kier alpha value is -3.56. The van der Waals surface area contributed by atoms with Crippen LogP contribution in [0.25, 0.3) is 16.0 Å². The van der Waals surface area contributed by atoms with Crippen LogP contribution in [-0.4, -0.2) is 40.9 Å². The predicted molar refractivity (Wildman–Crippen MR) is 141 cm³/mol. The van der Waals surface area contributed by atoms with Crippen LogP contribution in [0.1, 0.15) is 36.0 Å². The van der Waals surface area contributed by atoms with Gasteiger partial charge in [-0.05, 0) is 50.6 Å². The Morgan fingerprint density at radius 2 is 1.92 bits per heavy atom. The molecule has 0 saturated carbocycles. The van der Waals surface area contributed by atoms with Gasteiger partial charge in [-0.2, -0.15) is 0 Å². The number of carbonyl (C=O) groups excluding carboxylic acids is 2. The summed E-state index contributed by atoms with van der Waals surface area (Å²) in [6.07, 6.45) is 1.69. The molecule has 0 saturated heterocycles. The molecule has 1 N–H and O–H groups in total. The van der Waals surface area contributed by atoms with Crippen LogP contribution in [0.3, 0.4) is 0 Å². The number of fused-ring (bicyclic) bond motifs is 1. The zero-order chi connectivity index (χ0) is 25.9. The number of nitrogens with one attached hydrogen (secondary N) is 1. The fourth-order valence-corrected chi connectivity index (χ4v) is 4.71. The van der Waals surface area contributed by atoms with Crippen LogP contribution in [0.4, 0.5) is 10.5 Å². The lowest BCUT2D eigenvalue weighted by Crippen LogP contribution is -2.27. The molecule has 0 bridgehead atoms. The molecule has 0 aliphatic carbocycles. The lowest BCUT2D eigenvalue weighted by atomic mass is 10.2. The van der Waals surface area contributed by atoms with E-state index in [-0.39, 0.29) is 0 Å². The number of rotatable bonds is 7. The summed E-state index contributed by atoms with van der Waals surface area (Å²) in [5, 5.41) is 4.12. The van der Waals surface area contributed by atoms with Crippen molar-refractivity contribution in [3.63, 3.8) is 0 Å². The second kappa shape index (κ2) is 10.6. The van der Waals surface area contributed by atoms with Crippen LogP contribution in [0, 0.1) is 0 Å². The minimum atomic E-state index is -0.612. The SMILES string of the molecule is COC(=O)c1sc(-n2cnc3ccc(NC(=O)OC(C)(C)C)cc32)cc1OCCc1ccccc1Cl. The second-order valence-corrected chi connectivity index (χ2v) is 10.3. The number of hydrogen-bond donors (Lipinski definition) is 1. The third-order valence-electron chi connectivity index (χ3n) is 5.07. The van der Waals surface area contributed by atoms with Gasteiger partial charge < -0.3 is 14.2 Å². The number of imidazole rings is 1. The van der Waals surface area contributed by atoms with E-state index in [1.54, 1.807) is 51.4 Å². The molecule has 4 aromatic rings. The molecule has 0 aliphatic heterocycles. The van der Waals surface area contributed by atoms with Crippen LogP contribution in [0.5, 0.6) is 5.75 Å². The molecule has 188 valence electrons. The highest BCUT2D eigenvalue weighted by Crippen LogP contribution is 2.35. The van der Waals surface area contributed by atoms with Crippen molar-refractivity contribution in [3.8, 4) is 10.8 Å². The number of thiophene rings is 1.